The first kappa shape index (κ1) is 30.5. The van der Waals surface area contributed by atoms with Crippen LogP contribution in [-0.4, -0.2) is 54.6 Å². The number of hydrogen-bond donors (Lipinski definition) is 1. The molecule has 0 aliphatic heterocycles. The summed E-state index contributed by atoms with van der Waals surface area (Å²) in [6, 6.07) is 22.6. The van der Waals surface area contributed by atoms with Gasteiger partial charge in [0.1, 0.15) is 6.04 Å². The number of aryl methyl sites for hydroxylation is 1. The van der Waals surface area contributed by atoms with Crippen molar-refractivity contribution in [2.45, 2.75) is 57.1 Å². The van der Waals surface area contributed by atoms with Gasteiger partial charge in [-0.3, -0.25) is 9.59 Å². The molecule has 0 bridgehead atoms. The number of sulfonamides is 1. The first-order valence-electron chi connectivity index (χ1n) is 12.7. The van der Waals surface area contributed by atoms with Gasteiger partial charge in [0, 0.05) is 30.0 Å². The molecule has 0 saturated heterocycles. The molecule has 7 nitrogen and oxygen atoms in total. The Hall–Kier alpha value is -3.01. The third-order valence-electron chi connectivity index (χ3n) is 6.12. The molecule has 39 heavy (non-hydrogen) atoms. The number of amides is 2. The summed E-state index contributed by atoms with van der Waals surface area (Å²) in [5.74, 6) is -0.776. The van der Waals surface area contributed by atoms with E-state index < -0.39 is 34.1 Å². The Kier molecular flexibility index (Phi) is 10.1. The molecule has 1 atom stereocenters. The number of likely N-dealkylation sites (N-methyl/N-ethyl adjacent to an activating group) is 1. The van der Waals surface area contributed by atoms with Crippen LogP contribution in [0, 0.1) is 6.92 Å². The number of nitrogens with one attached hydrogen (secondary N) is 1. The van der Waals surface area contributed by atoms with Crippen molar-refractivity contribution in [2.75, 3.05) is 13.6 Å². The van der Waals surface area contributed by atoms with E-state index >= 15 is 0 Å². The smallest absolute Gasteiger partial charge is 0.243 e. The standard InChI is InChI=1S/C30H36BrN3O4S/c1-22-11-17-26(18-12-22)39(37,38)33(5)21-28(35)34(20-24-13-15-25(31)16-14-24)27(29(36)32-30(2,3)4)19-23-9-7-6-8-10-23/h6-18,27H,19-21H2,1-5H3,(H,32,36)/t27-/m1/s1. The summed E-state index contributed by atoms with van der Waals surface area (Å²) < 4.78 is 28.4. The Balaban J connectivity index is 1.98. The molecule has 0 aliphatic carbocycles. The predicted molar refractivity (Wildman–Crippen MR) is 158 cm³/mol. The highest BCUT2D eigenvalue weighted by molar-refractivity contribution is 9.10. The minimum absolute atomic E-state index is 0.106. The molecule has 0 aliphatic rings. The van der Waals surface area contributed by atoms with Gasteiger partial charge in [0.2, 0.25) is 21.8 Å². The number of nitrogens with zero attached hydrogens (tertiary/aromatic N) is 2. The van der Waals surface area contributed by atoms with E-state index in [4.69, 9.17) is 0 Å². The van der Waals surface area contributed by atoms with E-state index in [1.54, 1.807) is 12.1 Å². The molecule has 0 fully saturated rings. The van der Waals surface area contributed by atoms with E-state index in [0.717, 1.165) is 25.5 Å². The molecular formula is C30H36BrN3O4S. The van der Waals surface area contributed by atoms with Gasteiger partial charge >= 0.3 is 0 Å². The Labute approximate surface area is 240 Å². The maximum Gasteiger partial charge on any atom is 0.243 e. The van der Waals surface area contributed by atoms with E-state index in [2.05, 4.69) is 21.2 Å². The van der Waals surface area contributed by atoms with Crippen LogP contribution in [0.5, 0.6) is 0 Å². The molecule has 1 N–H and O–H groups in total. The van der Waals surface area contributed by atoms with Gasteiger partial charge in [-0.25, -0.2) is 8.42 Å². The molecule has 0 spiro atoms. The van der Waals surface area contributed by atoms with Crippen molar-refractivity contribution in [3.8, 4) is 0 Å². The average molecular weight is 615 g/mol. The molecule has 0 unspecified atom stereocenters. The van der Waals surface area contributed by atoms with Gasteiger partial charge in [0.05, 0.1) is 11.4 Å². The fourth-order valence-electron chi connectivity index (χ4n) is 4.05. The fourth-order valence-corrected chi connectivity index (χ4v) is 5.43. The van der Waals surface area contributed by atoms with Crippen molar-refractivity contribution in [3.63, 3.8) is 0 Å². The molecule has 0 aromatic heterocycles. The van der Waals surface area contributed by atoms with Gasteiger partial charge in [0.25, 0.3) is 0 Å². The normalized spacial score (nSPS) is 12.7. The van der Waals surface area contributed by atoms with Gasteiger partial charge in [0.15, 0.2) is 0 Å². The van der Waals surface area contributed by atoms with Crippen LogP contribution in [0.3, 0.4) is 0 Å². The quantitative estimate of drug-likeness (QED) is 0.351. The zero-order valence-corrected chi connectivity index (χ0v) is 25.4. The number of halogens is 1. The van der Waals surface area contributed by atoms with Crippen molar-refractivity contribution in [2.24, 2.45) is 0 Å². The van der Waals surface area contributed by atoms with E-state index in [0.29, 0.717) is 0 Å². The zero-order valence-electron chi connectivity index (χ0n) is 23.0. The molecule has 3 aromatic rings. The van der Waals surface area contributed by atoms with Crippen LogP contribution in [0.15, 0.2) is 88.2 Å². The summed E-state index contributed by atoms with van der Waals surface area (Å²) >= 11 is 3.43. The molecule has 208 valence electrons. The van der Waals surface area contributed by atoms with Crippen LogP contribution in [0.2, 0.25) is 0 Å². The van der Waals surface area contributed by atoms with Crippen LogP contribution < -0.4 is 5.32 Å². The van der Waals surface area contributed by atoms with Crippen molar-refractivity contribution >= 4 is 37.8 Å². The summed E-state index contributed by atoms with van der Waals surface area (Å²) in [6.45, 7) is 7.24. The number of rotatable bonds is 10. The van der Waals surface area contributed by atoms with Crippen LogP contribution in [0.25, 0.3) is 0 Å². The first-order chi connectivity index (χ1) is 18.3. The summed E-state index contributed by atoms with van der Waals surface area (Å²) in [6.07, 6.45) is 0.277. The van der Waals surface area contributed by atoms with Crippen LogP contribution in [0.4, 0.5) is 0 Å². The number of carbonyl (C=O) groups excluding carboxylic acids is 2. The van der Waals surface area contributed by atoms with Gasteiger partial charge in [-0.2, -0.15) is 4.31 Å². The van der Waals surface area contributed by atoms with Crippen molar-refractivity contribution in [3.05, 3.63) is 100 Å². The topological polar surface area (TPSA) is 86.8 Å². The summed E-state index contributed by atoms with van der Waals surface area (Å²) in [5.41, 5.74) is 2.11. The summed E-state index contributed by atoms with van der Waals surface area (Å²) in [4.78, 5) is 29.1. The zero-order chi connectivity index (χ0) is 28.8. The largest absolute Gasteiger partial charge is 0.350 e. The van der Waals surface area contributed by atoms with Crippen molar-refractivity contribution in [1.82, 2.24) is 14.5 Å². The second-order valence-corrected chi connectivity index (χ2v) is 13.6. The average Bonchev–Trinajstić information content (AvgIpc) is 2.87. The summed E-state index contributed by atoms with van der Waals surface area (Å²) in [5, 5.41) is 3.01. The van der Waals surface area contributed by atoms with E-state index in [9.17, 15) is 18.0 Å². The first-order valence-corrected chi connectivity index (χ1v) is 14.9. The van der Waals surface area contributed by atoms with Crippen LogP contribution in [-0.2, 0) is 32.6 Å². The molecule has 3 aromatic carbocycles. The summed E-state index contributed by atoms with van der Waals surface area (Å²) in [7, 11) is -2.54. The molecule has 0 saturated carbocycles. The van der Waals surface area contributed by atoms with Gasteiger partial charge in [-0.15, -0.1) is 0 Å². The van der Waals surface area contributed by atoms with Gasteiger partial charge in [-0.05, 0) is 63.1 Å². The Morgan fingerprint density at radius 3 is 2.05 bits per heavy atom. The molecule has 2 amide bonds. The lowest BCUT2D eigenvalue weighted by atomic mass is 10.0. The molecule has 3 rings (SSSR count). The maximum atomic E-state index is 13.9. The third-order valence-corrected chi connectivity index (χ3v) is 8.47. The molecule has 0 radical (unpaired) electrons. The van der Waals surface area contributed by atoms with E-state index in [-0.39, 0.29) is 23.8 Å². The highest BCUT2D eigenvalue weighted by Crippen LogP contribution is 2.20. The number of benzene rings is 3. The fraction of sp³-hybridized carbons (Fsp3) is 0.333. The number of hydrogen-bond acceptors (Lipinski definition) is 4. The predicted octanol–water partition coefficient (Wildman–Crippen LogP) is 4.93. The van der Waals surface area contributed by atoms with Crippen LogP contribution >= 0.6 is 15.9 Å². The highest BCUT2D eigenvalue weighted by atomic mass is 79.9. The second kappa shape index (κ2) is 12.9. The van der Waals surface area contributed by atoms with E-state index in [1.807, 2.05) is 82.3 Å². The monoisotopic (exact) mass is 613 g/mol. The lowest BCUT2D eigenvalue weighted by Gasteiger charge is -2.34. The van der Waals surface area contributed by atoms with E-state index in [1.165, 1.54) is 24.1 Å². The number of carbonyl (C=O) groups is 2. The highest BCUT2D eigenvalue weighted by Gasteiger charge is 2.34. The van der Waals surface area contributed by atoms with Gasteiger partial charge < -0.3 is 10.2 Å². The molecular weight excluding hydrogens is 578 g/mol. The minimum Gasteiger partial charge on any atom is -0.350 e. The Bertz CT molecular complexity index is 1370. The van der Waals surface area contributed by atoms with Gasteiger partial charge in [-0.1, -0.05) is 76.1 Å². The second-order valence-electron chi connectivity index (χ2n) is 10.7. The maximum absolute atomic E-state index is 13.9. The lowest BCUT2D eigenvalue weighted by Crippen LogP contribution is -2.56. The van der Waals surface area contributed by atoms with Crippen molar-refractivity contribution in [1.29, 1.82) is 0 Å². The minimum atomic E-state index is -3.92. The lowest BCUT2D eigenvalue weighted by molar-refractivity contribution is -0.141. The molecule has 0 heterocycles. The van der Waals surface area contributed by atoms with Crippen molar-refractivity contribution < 1.29 is 18.0 Å². The Morgan fingerprint density at radius 2 is 1.49 bits per heavy atom. The molecule has 9 heteroatoms. The SMILES string of the molecule is Cc1ccc(S(=O)(=O)N(C)CC(=O)N(Cc2ccc(Br)cc2)[C@H](Cc2ccccc2)C(=O)NC(C)(C)C)cc1. The Morgan fingerprint density at radius 1 is 0.897 bits per heavy atom. The van der Waals surface area contributed by atoms with Crippen LogP contribution in [0.1, 0.15) is 37.5 Å². The third kappa shape index (κ3) is 8.74.